The van der Waals surface area contributed by atoms with Gasteiger partial charge in [0.05, 0.1) is 5.56 Å². The molecule has 0 fully saturated rings. The third-order valence-electron chi connectivity index (χ3n) is 2.97. The SMILES string of the molecule is Cc1ccc(C(=O)ON=C(N)c2ccc(I)cc2)c(C)c1. The molecule has 5 heteroatoms. The molecule has 0 heterocycles. The van der Waals surface area contributed by atoms with Crippen LogP contribution in [0.1, 0.15) is 27.0 Å². The number of rotatable bonds is 3. The van der Waals surface area contributed by atoms with Crippen molar-refractivity contribution in [2.45, 2.75) is 13.8 Å². The molecule has 0 atom stereocenters. The molecule has 0 aliphatic rings. The Morgan fingerprint density at radius 3 is 2.43 bits per heavy atom. The highest BCUT2D eigenvalue weighted by molar-refractivity contribution is 14.1. The zero-order valence-corrected chi connectivity index (χ0v) is 13.9. The second kappa shape index (κ2) is 6.71. The maximum absolute atomic E-state index is 12.0. The number of nitrogens with zero attached hydrogens (tertiary/aromatic N) is 1. The average Bonchev–Trinajstić information content (AvgIpc) is 2.45. The van der Waals surface area contributed by atoms with Gasteiger partial charge in [-0.2, -0.15) is 0 Å². The molecule has 108 valence electrons. The number of nitrogens with two attached hydrogens (primary N) is 1. The lowest BCUT2D eigenvalue weighted by Gasteiger charge is -2.05. The Labute approximate surface area is 137 Å². The second-order valence-electron chi connectivity index (χ2n) is 4.68. The molecule has 0 aromatic heterocycles. The third kappa shape index (κ3) is 4.04. The van der Waals surface area contributed by atoms with Crippen LogP contribution in [-0.4, -0.2) is 11.8 Å². The number of carbonyl (C=O) groups excluding carboxylic acids is 1. The van der Waals surface area contributed by atoms with Crippen LogP contribution in [0.25, 0.3) is 0 Å². The largest absolute Gasteiger partial charge is 0.380 e. The maximum atomic E-state index is 12.0. The van der Waals surface area contributed by atoms with E-state index in [0.717, 1.165) is 14.7 Å². The van der Waals surface area contributed by atoms with E-state index < -0.39 is 5.97 Å². The molecule has 4 nitrogen and oxygen atoms in total. The van der Waals surface area contributed by atoms with Gasteiger partial charge < -0.3 is 10.6 Å². The van der Waals surface area contributed by atoms with Crippen LogP contribution in [0.2, 0.25) is 0 Å². The van der Waals surface area contributed by atoms with Crippen molar-refractivity contribution < 1.29 is 9.63 Å². The highest BCUT2D eigenvalue weighted by Gasteiger charge is 2.11. The fourth-order valence-corrected chi connectivity index (χ4v) is 2.22. The number of hydrogen-bond donors (Lipinski definition) is 1. The average molecular weight is 394 g/mol. The van der Waals surface area contributed by atoms with Crippen LogP contribution < -0.4 is 5.73 Å². The Balaban J connectivity index is 2.12. The third-order valence-corrected chi connectivity index (χ3v) is 3.69. The Kier molecular flexibility index (Phi) is 4.95. The van der Waals surface area contributed by atoms with Gasteiger partial charge in [0, 0.05) is 9.13 Å². The van der Waals surface area contributed by atoms with Crippen LogP contribution in [-0.2, 0) is 4.84 Å². The van der Waals surface area contributed by atoms with E-state index in [1.165, 1.54) is 0 Å². The summed E-state index contributed by atoms with van der Waals surface area (Å²) in [6.07, 6.45) is 0. The van der Waals surface area contributed by atoms with Gasteiger partial charge in [0.1, 0.15) is 0 Å². The summed E-state index contributed by atoms with van der Waals surface area (Å²) in [4.78, 5) is 16.9. The lowest BCUT2D eigenvalue weighted by atomic mass is 10.1. The minimum Gasteiger partial charge on any atom is -0.380 e. The number of amidine groups is 1. The van der Waals surface area contributed by atoms with Crippen molar-refractivity contribution in [1.29, 1.82) is 0 Å². The van der Waals surface area contributed by atoms with Crippen molar-refractivity contribution in [2.75, 3.05) is 0 Å². The summed E-state index contributed by atoms with van der Waals surface area (Å²) in [5.41, 5.74) is 8.94. The summed E-state index contributed by atoms with van der Waals surface area (Å²) < 4.78 is 1.09. The van der Waals surface area contributed by atoms with Crippen molar-refractivity contribution in [3.8, 4) is 0 Å². The van der Waals surface area contributed by atoms with Gasteiger partial charge in [-0.25, -0.2) is 4.79 Å². The highest BCUT2D eigenvalue weighted by Crippen LogP contribution is 2.12. The molecule has 21 heavy (non-hydrogen) atoms. The zero-order chi connectivity index (χ0) is 15.4. The Morgan fingerprint density at radius 1 is 1.14 bits per heavy atom. The minimum atomic E-state index is -0.513. The molecular weight excluding hydrogens is 379 g/mol. The van der Waals surface area contributed by atoms with Crippen LogP contribution in [0, 0.1) is 17.4 Å². The smallest absolute Gasteiger partial charge is 0.366 e. The quantitative estimate of drug-likeness (QED) is 0.285. The van der Waals surface area contributed by atoms with Crippen molar-refractivity contribution in [1.82, 2.24) is 0 Å². The maximum Gasteiger partial charge on any atom is 0.366 e. The van der Waals surface area contributed by atoms with Crippen LogP contribution in [0.15, 0.2) is 47.6 Å². The summed E-state index contributed by atoms with van der Waals surface area (Å²) in [5, 5.41) is 3.71. The van der Waals surface area contributed by atoms with E-state index >= 15 is 0 Å². The van der Waals surface area contributed by atoms with Gasteiger partial charge in [-0.15, -0.1) is 0 Å². The second-order valence-corrected chi connectivity index (χ2v) is 5.93. The number of oxime groups is 1. The Morgan fingerprint density at radius 2 is 1.81 bits per heavy atom. The van der Waals surface area contributed by atoms with Crippen LogP contribution in [0.5, 0.6) is 0 Å². The normalized spacial score (nSPS) is 11.3. The molecular formula is C16H15IN2O2. The predicted molar refractivity (Wildman–Crippen MR) is 91.2 cm³/mol. The first kappa shape index (κ1) is 15.5. The topological polar surface area (TPSA) is 64.7 Å². The molecule has 2 N–H and O–H groups in total. The first-order chi connectivity index (χ1) is 9.97. The standard InChI is InChI=1S/C16H15IN2O2/c1-10-3-8-14(11(2)9-10)16(20)21-19-15(18)12-4-6-13(17)7-5-12/h3-9H,1-2H3,(H2,18,19). The lowest BCUT2D eigenvalue weighted by molar-refractivity contribution is 0.0515. The van der Waals surface area contributed by atoms with E-state index in [4.69, 9.17) is 10.6 Å². The number of halogens is 1. The van der Waals surface area contributed by atoms with E-state index in [1.54, 1.807) is 6.07 Å². The van der Waals surface area contributed by atoms with Crippen LogP contribution in [0.3, 0.4) is 0 Å². The molecule has 0 saturated heterocycles. The molecule has 2 aromatic carbocycles. The Bertz CT molecular complexity index is 694. The fraction of sp³-hybridized carbons (Fsp3) is 0.125. The highest BCUT2D eigenvalue weighted by atomic mass is 127. The van der Waals surface area contributed by atoms with E-state index in [0.29, 0.717) is 11.1 Å². The van der Waals surface area contributed by atoms with E-state index in [9.17, 15) is 4.79 Å². The molecule has 0 aliphatic heterocycles. The van der Waals surface area contributed by atoms with Crippen molar-refractivity contribution in [2.24, 2.45) is 10.9 Å². The number of benzene rings is 2. The molecule has 0 amide bonds. The summed E-state index contributed by atoms with van der Waals surface area (Å²) >= 11 is 2.20. The lowest BCUT2D eigenvalue weighted by Crippen LogP contribution is -2.15. The van der Waals surface area contributed by atoms with Crippen molar-refractivity contribution in [3.05, 3.63) is 68.3 Å². The van der Waals surface area contributed by atoms with Crippen LogP contribution in [0.4, 0.5) is 0 Å². The van der Waals surface area contributed by atoms with Gasteiger partial charge in [0.2, 0.25) is 0 Å². The zero-order valence-electron chi connectivity index (χ0n) is 11.8. The van der Waals surface area contributed by atoms with E-state index in [2.05, 4.69) is 27.7 Å². The predicted octanol–water partition coefficient (Wildman–Crippen LogP) is 3.39. The number of hydrogen-bond acceptors (Lipinski definition) is 3. The molecule has 0 aliphatic carbocycles. The van der Waals surface area contributed by atoms with Gasteiger partial charge in [-0.05, 0) is 60.2 Å². The molecule has 2 rings (SSSR count). The van der Waals surface area contributed by atoms with Crippen LogP contribution >= 0.6 is 22.6 Å². The minimum absolute atomic E-state index is 0.171. The van der Waals surface area contributed by atoms with Gasteiger partial charge in [0.15, 0.2) is 5.84 Å². The summed E-state index contributed by atoms with van der Waals surface area (Å²) in [7, 11) is 0. The number of carbonyl (C=O) groups is 1. The summed E-state index contributed by atoms with van der Waals surface area (Å²) in [5.74, 6) is -0.342. The fourth-order valence-electron chi connectivity index (χ4n) is 1.86. The molecule has 2 aromatic rings. The summed E-state index contributed by atoms with van der Waals surface area (Å²) in [6, 6.07) is 13.0. The summed E-state index contributed by atoms with van der Waals surface area (Å²) in [6.45, 7) is 3.82. The number of aryl methyl sites for hydroxylation is 2. The first-order valence-corrected chi connectivity index (χ1v) is 7.43. The molecule has 0 unspecified atom stereocenters. The molecule has 0 radical (unpaired) electrons. The van der Waals surface area contributed by atoms with Gasteiger partial charge in [-0.3, -0.25) is 0 Å². The van der Waals surface area contributed by atoms with E-state index in [1.807, 2.05) is 50.2 Å². The monoisotopic (exact) mass is 394 g/mol. The Hall–Kier alpha value is -1.89. The van der Waals surface area contributed by atoms with Crippen molar-refractivity contribution >= 4 is 34.4 Å². The van der Waals surface area contributed by atoms with Gasteiger partial charge in [0.25, 0.3) is 0 Å². The molecule has 0 spiro atoms. The van der Waals surface area contributed by atoms with Gasteiger partial charge >= 0.3 is 5.97 Å². The first-order valence-electron chi connectivity index (χ1n) is 6.35. The van der Waals surface area contributed by atoms with Crippen molar-refractivity contribution in [3.63, 3.8) is 0 Å². The molecule has 0 saturated carbocycles. The van der Waals surface area contributed by atoms with E-state index in [-0.39, 0.29) is 5.84 Å². The molecule has 0 bridgehead atoms. The van der Waals surface area contributed by atoms with Gasteiger partial charge in [-0.1, -0.05) is 35.0 Å².